The van der Waals surface area contributed by atoms with E-state index in [1.807, 2.05) is 11.8 Å². The molecule has 0 aromatic rings. The Bertz CT molecular complexity index is 303. The minimum atomic E-state index is -0.00772. The minimum Gasteiger partial charge on any atom is -0.374 e. The summed E-state index contributed by atoms with van der Waals surface area (Å²) in [6.07, 6.45) is 2.54. The summed E-state index contributed by atoms with van der Waals surface area (Å²) in [6.45, 7) is 7.29. The number of likely N-dealkylation sites (tertiary alicyclic amines) is 1. The molecule has 110 valence electrons. The van der Waals surface area contributed by atoms with Crippen LogP contribution in [0.2, 0.25) is 0 Å². The van der Waals surface area contributed by atoms with E-state index in [9.17, 15) is 4.79 Å². The van der Waals surface area contributed by atoms with E-state index in [0.717, 1.165) is 52.2 Å². The van der Waals surface area contributed by atoms with Crippen molar-refractivity contribution < 1.29 is 9.53 Å². The zero-order valence-corrected chi connectivity index (χ0v) is 12.5. The third-order valence-corrected chi connectivity index (χ3v) is 4.06. The van der Waals surface area contributed by atoms with Crippen molar-refractivity contribution in [1.82, 2.24) is 14.7 Å². The Hall–Kier alpha value is -0.650. The highest BCUT2D eigenvalue weighted by molar-refractivity contribution is 5.81. The van der Waals surface area contributed by atoms with Gasteiger partial charge in [0.15, 0.2) is 0 Å². The Morgan fingerprint density at radius 1 is 1.32 bits per heavy atom. The maximum absolute atomic E-state index is 12.4. The summed E-state index contributed by atoms with van der Waals surface area (Å²) in [7, 11) is 4.11. The molecule has 0 aromatic carbocycles. The van der Waals surface area contributed by atoms with Crippen LogP contribution in [0.4, 0.5) is 0 Å². The van der Waals surface area contributed by atoms with Crippen LogP contribution in [0.15, 0.2) is 0 Å². The fraction of sp³-hybridized carbons (Fsp3) is 0.929. The second-order valence-electron chi connectivity index (χ2n) is 5.96. The Balaban J connectivity index is 1.87. The molecule has 2 atom stereocenters. The average molecular weight is 269 g/mol. The number of hydrogen-bond donors (Lipinski definition) is 0. The number of hydrogen-bond acceptors (Lipinski definition) is 4. The smallest absolute Gasteiger partial charge is 0.239 e. The van der Waals surface area contributed by atoms with Crippen LogP contribution in [0.3, 0.4) is 0 Å². The maximum atomic E-state index is 12.4. The minimum absolute atomic E-state index is 0.00772. The number of likely N-dealkylation sites (N-methyl/N-ethyl adjacent to an activating group) is 1. The van der Waals surface area contributed by atoms with Crippen molar-refractivity contribution in [2.45, 2.75) is 31.9 Å². The molecule has 0 saturated carbocycles. The highest BCUT2D eigenvalue weighted by Crippen LogP contribution is 2.15. The summed E-state index contributed by atoms with van der Waals surface area (Å²) in [6, 6.07) is -0.00772. The zero-order chi connectivity index (χ0) is 13.8. The topological polar surface area (TPSA) is 36.0 Å². The SMILES string of the molecule is C[C@@H](C(=O)N1CCCC1)N1CCO[C@@H](CN(C)C)C1. The van der Waals surface area contributed by atoms with Crippen LogP contribution in [0, 0.1) is 0 Å². The first-order chi connectivity index (χ1) is 9.08. The highest BCUT2D eigenvalue weighted by atomic mass is 16.5. The fourth-order valence-electron chi connectivity index (χ4n) is 2.97. The number of amides is 1. The molecule has 0 radical (unpaired) electrons. The van der Waals surface area contributed by atoms with E-state index in [2.05, 4.69) is 23.9 Å². The molecule has 1 amide bonds. The molecule has 0 aromatic heterocycles. The molecule has 19 heavy (non-hydrogen) atoms. The first kappa shape index (κ1) is 14.8. The van der Waals surface area contributed by atoms with Crippen LogP contribution in [-0.4, -0.2) is 86.2 Å². The zero-order valence-electron chi connectivity index (χ0n) is 12.5. The van der Waals surface area contributed by atoms with E-state index >= 15 is 0 Å². The molecule has 0 aliphatic carbocycles. The summed E-state index contributed by atoms with van der Waals surface area (Å²) in [5, 5.41) is 0. The van der Waals surface area contributed by atoms with Crippen molar-refractivity contribution in [1.29, 1.82) is 0 Å². The molecule has 2 rings (SSSR count). The first-order valence-corrected chi connectivity index (χ1v) is 7.37. The van der Waals surface area contributed by atoms with Gasteiger partial charge in [-0.3, -0.25) is 9.69 Å². The summed E-state index contributed by atoms with van der Waals surface area (Å²) in [5.41, 5.74) is 0. The largest absolute Gasteiger partial charge is 0.374 e. The van der Waals surface area contributed by atoms with E-state index in [1.54, 1.807) is 0 Å². The van der Waals surface area contributed by atoms with Crippen LogP contribution >= 0.6 is 0 Å². The number of ether oxygens (including phenoxy) is 1. The third kappa shape index (κ3) is 3.91. The lowest BCUT2D eigenvalue weighted by atomic mass is 10.2. The summed E-state index contributed by atoms with van der Waals surface area (Å²) < 4.78 is 5.77. The van der Waals surface area contributed by atoms with Gasteiger partial charge in [-0.15, -0.1) is 0 Å². The molecule has 5 nitrogen and oxygen atoms in total. The average Bonchev–Trinajstić information content (AvgIpc) is 2.90. The molecule has 0 bridgehead atoms. The lowest BCUT2D eigenvalue weighted by molar-refractivity contribution is -0.138. The van der Waals surface area contributed by atoms with E-state index in [1.165, 1.54) is 0 Å². The fourth-order valence-corrected chi connectivity index (χ4v) is 2.97. The molecule has 2 fully saturated rings. The van der Waals surface area contributed by atoms with Gasteiger partial charge < -0.3 is 14.5 Å². The Morgan fingerprint density at radius 2 is 2.00 bits per heavy atom. The second-order valence-corrected chi connectivity index (χ2v) is 5.96. The Kier molecular flexibility index (Phi) is 5.19. The van der Waals surface area contributed by atoms with Gasteiger partial charge in [-0.1, -0.05) is 0 Å². The number of rotatable bonds is 4. The van der Waals surface area contributed by atoms with Crippen molar-refractivity contribution in [3.63, 3.8) is 0 Å². The quantitative estimate of drug-likeness (QED) is 0.733. The van der Waals surface area contributed by atoms with Gasteiger partial charge >= 0.3 is 0 Å². The van der Waals surface area contributed by atoms with Crippen molar-refractivity contribution in [3.8, 4) is 0 Å². The molecule has 0 spiro atoms. The normalized spacial score (nSPS) is 26.9. The summed E-state index contributed by atoms with van der Waals surface area (Å²) in [4.78, 5) is 18.8. The van der Waals surface area contributed by atoms with Gasteiger partial charge in [-0.25, -0.2) is 0 Å². The van der Waals surface area contributed by atoms with Crippen LogP contribution in [0.1, 0.15) is 19.8 Å². The van der Waals surface area contributed by atoms with E-state index in [0.29, 0.717) is 5.91 Å². The lowest BCUT2D eigenvalue weighted by Gasteiger charge is -2.38. The Morgan fingerprint density at radius 3 is 2.63 bits per heavy atom. The van der Waals surface area contributed by atoms with Crippen LogP contribution in [-0.2, 0) is 9.53 Å². The van der Waals surface area contributed by atoms with Crippen LogP contribution in [0.5, 0.6) is 0 Å². The van der Waals surface area contributed by atoms with Gasteiger partial charge in [0.1, 0.15) is 0 Å². The van der Waals surface area contributed by atoms with E-state index < -0.39 is 0 Å². The van der Waals surface area contributed by atoms with Crippen LogP contribution < -0.4 is 0 Å². The van der Waals surface area contributed by atoms with Crippen molar-refractivity contribution in [2.75, 3.05) is 53.4 Å². The molecule has 0 unspecified atom stereocenters. The molecule has 0 N–H and O–H groups in total. The molecular weight excluding hydrogens is 242 g/mol. The lowest BCUT2D eigenvalue weighted by Crippen LogP contribution is -2.54. The van der Waals surface area contributed by atoms with Crippen molar-refractivity contribution in [3.05, 3.63) is 0 Å². The monoisotopic (exact) mass is 269 g/mol. The Labute approximate surface area is 116 Å². The summed E-state index contributed by atoms with van der Waals surface area (Å²) in [5.74, 6) is 0.294. The van der Waals surface area contributed by atoms with E-state index in [-0.39, 0.29) is 12.1 Å². The van der Waals surface area contributed by atoms with Gasteiger partial charge in [0, 0.05) is 32.7 Å². The van der Waals surface area contributed by atoms with Gasteiger partial charge in [-0.05, 0) is 33.9 Å². The molecule has 2 aliphatic rings. The molecule has 2 saturated heterocycles. The summed E-state index contributed by atoms with van der Waals surface area (Å²) >= 11 is 0. The molecule has 2 heterocycles. The van der Waals surface area contributed by atoms with Gasteiger partial charge in [0.2, 0.25) is 5.91 Å². The third-order valence-electron chi connectivity index (χ3n) is 4.06. The standard InChI is InChI=1S/C14H27N3O2/c1-12(14(18)16-6-4-5-7-16)17-8-9-19-13(11-17)10-15(2)3/h12-13H,4-11H2,1-3H3/t12-,13-/m0/s1. The van der Waals surface area contributed by atoms with Gasteiger partial charge in [0.05, 0.1) is 18.8 Å². The van der Waals surface area contributed by atoms with Crippen molar-refractivity contribution in [2.24, 2.45) is 0 Å². The number of nitrogens with zero attached hydrogens (tertiary/aromatic N) is 3. The molecular formula is C14H27N3O2. The number of carbonyl (C=O) groups excluding carboxylic acids is 1. The predicted molar refractivity (Wildman–Crippen MR) is 75.1 cm³/mol. The molecule has 5 heteroatoms. The van der Waals surface area contributed by atoms with Crippen molar-refractivity contribution >= 4 is 5.91 Å². The molecule has 2 aliphatic heterocycles. The maximum Gasteiger partial charge on any atom is 0.239 e. The van der Waals surface area contributed by atoms with Gasteiger partial charge in [-0.2, -0.15) is 0 Å². The predicted octanol–water partition coefficient (Wildman–Crippen LogP) is 0.260. The highest BCUT2D eigenvalue weighted by Gasteiger charge is 2.31. The van der Waals surface area contributed by atoms with Gasteiger partial charge in [0.25, 0.3) is 0 Å². The van der Waals surface area contributed by atoms with E-state index in [4.69, 9.17) is 4.74 Å². The first-order valence-electron chi connectivity index (χ1n) is 7.37. The number of morpholine rings is 1. The van der Waals surface area contributed by atoms with Crippen LogP contribution in [0.25, 0.3) is 0 Å². The second kappa shape index (κ2) is 6.68. The number of carbonyl (C=O) groups is 1.